The first kappa shape index (κ1) is 13.4. The minimum Gasteiger partial charge on any atom is -0.484 e. The van der Waals surface area contributed by atoms with Crippen molar-refractivity contribution in [2.24, 2.45) is 0 Å². The number of ether oxygens (including phenoxy) is 1. The van der Waals surface area contributed by atoms with Crippen LogP contribution in [0.5, 0.6) is 5.75 Å². The number of rotatable bonds is 3. The summed E-state index contributed by atoms with van der Waals surface area (Å²) >= 11 is 0. The van der Waals surface area contributed by atoms with Gasteiger partial charge in [-0.2, -0.15) is 5.26 Å². The molecule has 1 aromatic rings. The van der Waals surface area contributed by atoms with E-state index in [9.17, 15) is 4.79 Å². The normalized spacial score (nSPS) is 15.4. The molecule has 0 N–H and O–H groups in total. The molecule has 0 saturated carbocycles. The molecule has 19 heavy (non-hydrogen) atoms. The molecule has 1 fully saturated rings. The molecule has 1 aliphatic rings. The van der Waals surface area contributed by atoms with Gasteiger partial charge in [-0.05, 0) is 31.0 Å². The van der Waals surface area contributed by atoms with Gasteiger partial charge in [0, 0.05) is 13.1 Å². The highest BCUT2D eigenvalue weighted by atomic mass is 16.5. The van der Waals surface area contributed by atoms with Gasteiger partial charge in [0.2, 0.25) is 0 Å². The van der Waals surface area contributed by atoms with E-state index in [2.05, 4.69) is 6.07 Å². The van der Waals surface area contributed by atoms with Crippen LogP contribution < -0.4 is 4.74 Å². The monoisotopic (exact) mass is 258 g/mol. The second-order valence-electron chi connectivity index (χ2n) is 4.72. The van der Waals surface area contributed by atoms with Crippen molar-refractivity contribution in [3.63, 3.8) is 0 Å². The van der Waals surface area contributed by atoms with Gasteiger partial charge >= 0.3 is 0 Å². The average Bonchev–Trinajstić information content (AvgIpc) is 2.74. The van der Waals surface area contributed by atoms with E-state index in [0.717, 1.165) is 25.9 Å². The minimum atomic E-state index is 0.0317. The van der Waals surface area contributed by atoms with Gasteiger partial charge in [0.15, 0.2) is 6.61 Å². The fraction of sp³-hybridized carbons (Fsp3) is 0.467. The Morgan fingerprint density at radius 2 is 2.00 bits per heavy atom. The van der Waals surface area contributed by atoms with Crippen LogP contribution in [-0.2, 0) is 4.79 Å². The van der Waals surface area contributed by atoms with Crippen molar-refractivity contribution in [1.82, 2.24) is 4.90 Å². The molecule has 0 spiro atoms. The summed E-state index contributed by atoms with van der Waals surface area (Å²) in [4.78, 5) is 13.9. The van der Waals surface area contributed by atoms with Gasteiger partial charge < -0.3 is 9.64 Å². The Morgan fingerprint density at radius 3 is 2.68 bits per heavy atom. The van der Waals surface area contributed by atoms with Crippen molar-refractivity contribution >= 4 is 5.91 Å². The quantitative estimate of drug-likeness (QED) is 0.836. The molecule has 4 heteroatoms. The zero-order chi connectivity index (χ0) is 13.5. The van der Waals surface area contributed by atoms with Gasteiger partial charge in [-0.3, -0.25) is 4.79 Å². The number of carbonyl (C=O) groups excluding carboxylic acids is 1. The second-order valence-corrected chi connectivity index (χ2v) is 4.72. The Kier molecular flexibility index (Phi) is 4.79. The summed E-state index contributed by atoms with van der Waals surface area (Å²) < 4.78 is 5.46. The molecule has 1 amide bonds. The lowest BCUT2D eigenvalue weighted by Crippen LogP contribution is -2.35. The van der Waals surface area contributed by atoms with Crippen molar-refractivity contribution in [3.8, 4) is 11.8 Å². The lowest BCUT2D eigenvalue weighted by molar-refractivity contribution is -0.133. The maximum atomic E-state index is 12.0. The van der Waals surface area contributed by atoms with Crippen LogP contribution in [0.4, 0.5) is 0 Å². The van der Waals surface area contributed by atoms with Crippen molar-refractivity contribution in [1.29, 1.82) is 5.26 Å². The highest BCUT2D eigenvalue weighted by Crippen LogP contribution is 2.14. The third-order valence-corrected chi connectivity index (χ3v) is 3.28. The zero-order valence-electron chi connectivity index (χ0n) is 11.0. The highest BCUT2D eigenvalue weighted by molar-refractivity contribution is 5.77. The van der Waals surface area contributed by atoms with Crippen LogP contribution in [0.2, 0.25) is 0 Å². The number of hydrogen-bond acceptors (Lipinski definition) is 3. The molecule has 0 bridgehead atoms. The Balaban J connectivity index is 1.87. The fourth-order valence-electron chi connectivity index (χ4n) is 2.21. The maximum Gasteiger partial charge on any atom is 0.260 e. The maximum absolute atomic E-state index is 12.0. The second kappa shape index (κ2) is 6.79. The number of carbonyl (C=O) groups is 1. The summed E-state index contributed by atoms with van der Waals surface area (Å²) in [5.74, 6) is 0.603. The van der Waals surface area contributed by atoms with E-state index in [4.69, 9.17) is 10.00 Å². The van der Waals surface area contributed by atoms with Gasteiger partial charge in [-0.15, -0.1) is 0 Å². The molecule has 1 heterocycles. The zero-order valence-corrected chi connectivity index (χ0v) is 11.0. The number of nitrogens with zero attached hydrogens (tertiary/aromatic N) is 2. The molecule has 1 aromatic carbocycles. The average molecular weight is 258 g/mol. The number of nitriles is 1. The molecule has 0 radical (unpaired) electrons. The first-order valence-electron chi connectivity index (χ1n) is 6.70. The van der Waals surface area contributed by atoms with Gasteiger partial charge in [0.1, 0.15) is 5.75 Å². The van der Waals surface area contributed by atoms with E-state index in [-0.39, 0.29) is 12.5 Å². The summed E-state index contributed by atoms with van der Waals surface area (Å²) in [6, 6.07) is 8.93. The van der Waals surface area contributed by atoms with Crippen LogP contribution in [-0.4, -0.2) is 30.5 Å². The first-order chi connectivity index (χ1) is 9.29. The molecule has 2 rings (SSSR count). The predicted molar refractivity (Wildman–Crippen MR) is 71.7 cm³/mol. The highest BCUT2D eigenvalue weighted by Gasteiger charge is 2.15. The number of amides is 1. The lowest BCUT2D eigenvalue weighted by atomic mass is 10.2. The van der Waals surface area contributed by atoms with E-state index in [1.807, 2.05) is 4.90 Å². The van der Waals surface area contributed by atoms with Crippen molar-refractivity contribution in [2.75, 3.05) is 19.7 Å². The van der Waals surface area contributed by atoms with Crippen molar-refractivity contribution in [2.45, 2.75) is 25.7 Å². The number of hydrogen-bond donors (Lipinski definition) is 0. The standard InChI is InChI=1S/C15H18N2O2/c16-11-13-6-5-7-14(10-13)19-12-15(18)17-8-3-1-2-4-9-17/h5-7,10H,1-4,8-9,12H2. The molecule has 0 atom stereocenters. The topological polar surface area (TPSA) is 53.3 Å². The summed E-state index contributed by atoms with van der Waals surface area (Å²) in [7, 11) is 0. The van der Waals surface area contributed by atoms with Gasteiger partial charge in [-0.1, -0.05) is 18.9 Å². The van der Waals surface area contributed by atoms with Crippen LogP contribution in [0.1, 0.15) is 31.2 Å². The molecular weight excluding hydrogens is 240 g/mol. The first-order valence-corrected chi connectivity index (χ1v) is 6.70. The Morgan fingerprint density at radius 1 is 1.26 bits per heavy atom. The molecule has 100 valence electrons. The van der Waals surface area contributed by atoms with E-state index < -0.39 is 0 Å². The molecular formula is C15H18N2O2. The smallest absolute Gasteiger partial charge is 0.260 e. The number of likely N-dealkylation sites (tertiary alicyclic amines) is 1. The van der Waals surface area contributed by atoms with Crippen molar-refractivity contribution < 1.29 is 9.53 Å². The van der Waals surface area contributed by atoms with Crippen LogP contribution in [0.3, 0.4) is 0 Å². The predicted octanol–water partition coefficient (Wildman–Crippen LogP) is 2.34. The summed E-state index contributed by atoms with van der Waals surface area (Å²) in [6.07, 6.45) is 4.56. The van der Waals surface area contributed by atoms with Gasteiger partial charge in [0.25, 0.3) is 5.91 Å². The Hall–Kier alpha value is -2.02. The SMILES string of the molecule is N#Cc1cccc(OCC(=O)N2CCCCCC2)c1. The number of benzene rings is 1. The van der Waals surface area contributed by atoms with Gasteiger partial charge in [0.05, 0.1) is 11.6 Å². The largest absolute Gasteiger partial charge is 0.484 e. The fourth-order valence-corrected chi connectivity index (χ4v) is 2.21. The molecule has 1 saturated heterocycles. The Labute approximate surface area is 113 Å². The molecule has 0 unspecified atom stereocenters. The van der Waals surface area contributed by atoms with E-state index in [1.54, 1.807) is 24.3 Å². The third-order valence-electron chi connectivity index (χ3n) is 3.28. The summed E-state index contributed by atoms with van der Waals surface area (Å²) in [5.41, 5.74) is 0.541. The van der Waals surface area contributed by atoms with Crippen LogP contribution in [0.25, 0.3) is 0 Å². The summed E-state index contributed by atoms with van der Waals surface area (Å²) in [6.45, 7) is 1.72. The van der Waals surface area contributed by atoms with Crippen molar-refractivity contribution in [3.05, 3.63) is 29.8 Å². The van der Waals surface area contributed by atoms with E-state index in [0.29, 0.717) is 11.3 Å². The molecule has 0 aliphatic carbocycles. The van der Waals surface area contributed by atoms with Crippen LogP contribution >= 0.6 is 0 Å². The molecule has 1 aliphatic heterocycles. The summed E-state index contributed by atoms with van der Waals surface area (Å²) in [5, 5.41) is 8.79. The van der Waals surface area contributed by atoms with Gasteiger partial charge in [-0.25, -0.2) is 0 Å². The lowest BCUT2D eigenvalue weighted by Gasteiger charge is -2.20. The van der Waals surface area contributed by atoms with E-state index in [1.165, 1.54) is 12.8 Å². The molecule has 4 nitrogen and oxygen atoms in total. The van der Waals surface area contributed by atoms with Crippen LogP contribution in [0, 0.1) is 11.3 Å². The van der Waals surface area contributed by atoms with E-state index >= 15 is 0 Å². The minimum absolute atomic E-state index is 0.0317. The Bertz CT molecular complexity index is 471. The van der Waals surface area contributed by atoms with Crippen LogP contribution in [0.15, 0.2) is 24.3 Å². The third kappa shape index (κ3) is 3.99. The molecule has 0 aromatic heterocycles.